The first kappa shape index (κ1) is 15.1. The van der Waals surface area contributed by atoms with E-state index in [9.17, 15) is 0 Å². The molecular formula is C15H17ClN4O. The fraction of sp³-hybridized carbons (Fsp3) is 0.200. The molecule has 1 aromatic heterocycles. The van der Waals surface area contributed by atoms with Gasteiger partial charge in [-0.2, -0.15) is 0 Å². The number of anilines is 1. The van der Waals surface area contributed by atoms with Crippen molar-refractivity contribution in [3.8, 4) is 0 Å². The number of nitrogens with zero attached hydrogens (tertiary/aromatic N) is 3. The van der Waals surface area contributed by atoms with Gasteiger partial charge in [0, 0.05) is 18.3 Å². The van der Waals surface area contributed by atoms with E-state index in [0.29, 0.717) is 17.1 Å². The molecule has 6 heteroatoms. The maximum atomic E-state index is 8.68. The van der Waals surface area contributed by atoms with E-state index < -0.39 is 0 Å². The Morgan fingerprint density at radius 2 is 2.14 bits per heavy atom. The van der Waals surface area contributed by atoms with Crippen LogP contribution in [0.4, 0.5) is 5.69 Å². The summed E-state index contributed by atoms with van der Waals surface area (Å²) < 4.78 is 0. The number of pyridine rings is 1. The third kappa shape index (κ3) is 3.64. The molecule has 1 heterocycles. The van der Waals surface area contributed by atoms with Gasteiger partial charge in [0.15, 0.2) is 5.84 Å². The SMILES string of the molecule is Cc1cccc(CN(C)c2ccc(/C(N)=N/O)cc2Cl)n1. The second kappa shape index (κ2) is 6.45. The maximum absolute atomic E-state index is 8.68. The lowest BCUT2D eigenvalue weighted by molar-refractivity contribution is 0.318. The van der Waals surface area contributed by atoms with Crippen LogP contribution in [0, 0.1) is 6.92 Å². The Hall–Kier alpha value is -2.27. The fourth-order valence-corrected chi connectivity index (χ4v) is 2.37. The summed E-state index contributed by atoms with van der Waals surface area (Å²) in [5.74, 6) is 0.0338. The molecular weight excluding hydrogens is 288 g/mol. The van der Waals surface area contributed by atoms with Crippen LogP contribution in [0.3, 0.4) is 0 Å². The second-order valence-corrected chi connectivity index (χ2v) is 5.18. The van der Waals surface area contributed by atoms with Crippen LogP contribution in [0.15, 0.2) is 41.6 Å². The summed E-state index contributed by atoms with van der Waals surface area (Å²) in [6.45, 7) is 2.60. The van der Waals surface area contributed by atoms with Gasteiger partial charge in [-0.3, -0.25) is 4.98 Å². The summed E-state index contributed by atoms with van der Waals surface area (Å²) in [7, 11) is 1.94. The molecule has 21 heavy (non-hydrogen) atoms. The van der Waals surface area contributed by atoms with Gasteiger partial charge >= 0.3 is 0 Å². The normalized spacial score (nSPS) is 11.5. The van der Waals surface area contributed by atoms with E-state index in [1.54, 1.807) is 12.1 Å². The molecule has 3 N–H and O–H groups in total. The quantitative estimate of drug-likeness (QED) is 0.394. The summed E-state index contributed by atoms with van der Waals surface area (Å²) in [4.78, 5) is 6.47. The third-order valence-electron chi connectivity index (χ3n) is 3.11. The number of aromatic nitrogens is 1. The number of oxime groups is 1. The highest BCUT2D eigenvalue weighted by Crippen LogP contribution is 2.27. The largest absolute Gasteiger partial charge is 0.409 e. The average Bonchev–Trinajstić information content (AvgIpc) is 2.46. The zero-order chi connectivity index (χ0) is 15.4. The Bertz CT molecular complexity index is 672. The number of hydrogen-bond donors (Lipinski definition) is 2. The Labute approximate surface area is 128 Å². The Morgan fingerprint density at radius 3 is 2.76 bits per heavy atom. The van der Waals surface area contributed by atoms with Crippen molar-refractivity contribution in [2.75, 3.05) is 11.9 Å². The van der Waals surface area contributed by atoms with Crippen molar-refractivity contribution in [2.45, 2.75) is 13.5 Å². The number of amidine groups is 1. The van der Waals surface area contributed by atoms with Crippen LogP contribution < -0.4 is 10.6 Å². The van der Waals surface area contributed by atoms with Crippen LogP contribution in [0.25, 0.3) is 0 Å². The number of benzene rings is 1. The molecule has 110 valence electrons. The second-order valence-electron chi connectivity index (χ2n) is 4.78. The van der Waals surface area contributed by atoms with Gasteiger partial charge in [-0.25, -0.2) is 0 Å². The topological polar surface area (TPSA) is 74.7 Å². The van der Waals surface area contributed by atoms with Crippen molar-refractivity contribution in [2.24, 2.45) is 10.9 Å². The van der Waals surface area contributed by atoms with Gasteiger partial charge in [-0.15, -0.1) is 0 Å². The minimum Gasteiger partial charge on any atom is -0.409 e. The maximum Gasteiger partial charge on any atom is 0.170 e. The van der Waals surface area contributed by atoms with Gasteiger partial charge in [0.1, 0.15) is 0 Å². The zero-order valence-electron chi connectivity index (χ0n) is 11.9. The first-order valence-electron chi connectivity index (χ1n) is 6.42. The van der Waals surface area contributed by atoms with Crippen molar-refractivity contribution >= 4 is 23.1 Å². The number of nitrogens with two attached hydrogens (primary N) is 1. The molecule has 0 saturated heterocycles. The highest BCUT2D eigenvalue weighted by Gasteiger charge is 2.10. The minimum atomic E-state index is 0.0338. The number of halogens is 1. The first-order valence-corrected chi connectivity index (χ1v) is 6.80. The van der Waals surface area contributed by atoms with Crippen molar-refractivity contribution in [1.29, 1.82) is 0 Å². The van der Waals surface area contributed by atoms with E-state index >= 15 is 0 Å². The van der Waals surface area contributed by atoms with E-state index in [0.717, 1.165) is 17.1 Å². The summed E-state index contributed by atoms with van der Waals surface area (Å²) in [5, 5.41) is 12.2. The van der Waals surface area contributed by atoms with Crippen molar-refractivity contribution in [3.63, 3.8) is 0 Å². The van der Waals surface area contributed by atoms with Crippen molar-refractivity contribution in [3.05, 3.63) is 58.4 Å². The van der Waals surface area contributed by atoms with Crippen molar-refractivity contribution in [1.82, 2.24) is 4.98 Å². The van der Waals surface area contributed by atoms with Crippen molar-refractivity contribution < 1.29 is 5.21 Å². The summed E-state index contributed by atoms with van der Waals surface area (Å²) in [6.07, 6.45) is 0. The highest BCUT2D eigenvalue weighted by molar-refractivity contribution is 6.33. The molecule has 2 aromatic rings. The first-order chi connectivity index (χ1) is 10.0. The van der Waals surface area contributed by atoms with Crippen LogP contribution in [-0.2, 0) is 6.54 Å². The van der Waals surface area contributed by atoms with Crippen LogP contribution >= 0.6 is 11.6 Å². The molecule has 0 spiro atoms. The summed E-state index contributed by atoms with van der Waals surface area (Å²) >= 11 is 6.27. The fourth-order valence-electron chi connectivity index (χ4n) is 2.05. The molecule has 2 rings (SSSR count). The third-order valence-corrected chi connectivity index (χ3v) is 3.41. The molecule has 0 bridgehead atoms. The lowest BCUT2D eigenvalue weighted by Gasteiger charge is -2.20. The van der Waals surface area contributed by atoms with Crippen LogP contribution in [0.5, 0.6) is 0 Å². The number of hydrogen-bond acceptors (Lipinski definition) is 4. The Balaban J connectivity index is 2.21. The molecule has 0 saturated carbocycles. The van der Waals surface area contributed by atoms with E-state index in [2.05, 4.69) is 10.1 Å². The van der Waals surface area contributed by atoms with E-state index in [-0.39, 0.29) is 5.84 Å². The predicted octanol–water partition coefficient (Wildman–Crippen LogP) is 2.77. The molecule has 5 nitrogen and oxygen atoms in total. The lowest BCUT2D eigenvalue weighted by atomic mass is 10.1. The van der Waals surface area contributed by atoms with E-state index in [4.69, 9.17) is 22.5 Å². The molecule has 0 atom stereocenters. The molecule has 0 aliphatic heterocycles. The molecule has 0 amide bonds. The van der Waals surface area contributed by atoms with Gasteiger partial charge in [0.25, 0.3) is 0 Å². The molecule has 0 aliphatic carbocycles. The van der Waals surface area contributed by atoms with Gasteiger partial charge in [0.2, 0.25) is 0 Å². The molecule has 0 fully saturated rings. The Kier molecular flexibility index (Phi) is 4.65. The van der Waals surface area contributed by atoms with Crippen LogP contribution in [0.1, 0.15) is 17.0 Å². The Morgan fingerprint density at radius 1 is 1.38 bits per heavy atom. The van der Waals surface area contributed by atoms with Gasteiger partial charge in [-0.05, 0) is 37.3 Å². The summed E-state index contributed by atoms with van der Waals surface area (Å²) in [5.41, 5.74) is 8.93. The van der Waals surface area contributed by atoms with E-state index in [1.165, 1.54) is 0 Å². The predicted molar refractivity (Wildman–Crippen MR) is 85.0 cm³/mol. The number of rotatable bonds is 4. The molecule has 0 unspecified atom stereocenters. The van der Waals surface area contributed by atoms with E-state index in [1.807, 2.05) is 43.1 Å². The van der Waals surface area contributed by atoms with Gasteiger partial charge in [0.05, 0.1) is 22.9 Å². The molecule has 0 radical (unpaired) electrons. The van der Waals surface area contributed by atoms with Crippen LogP contribution in [0.2, 0.25) is 5.02 Å². The van der Waals surface area contributed by atoms with Crippen LogP contribution in [-0.4, -0.2) is 23.1 Å². The molecule has 0 aliphatic rings. The highest BCUT2D eigenvalue weighted by atomic mass is 35.5. The number of aryl methyl sites for hydroxylation is 1. The zero-order valence-corrected chi connectivity index (χ0v) is 12.7. The lowest BCUT2D eigenvalue weighted by Crippen LogP contribution is -2.19. The van der Waals surface area contributed by atoms with Gasteiger partial charge in [-0.1, -0.05) is 22.8 Å². The minimum absolute atomic E-state index is 0.0338. The molecule has 1 aromatic carbocycles. The van der Waals surface area contributed by atoms with Gasteiger partial charge < -0.3 is 15.8 Å². The monoisotopic (exact) mass is 304 g/mol. The summed E-state index contributed by atoms with van der Waals surface area (Å²) in [6, 6.07) is 11.2. The smallest absolute Gasteiger partial charge is 0.170 e. The average molecular weight is 305 g/mol. The standard InChI is InChI=1S/C15H17ClN4O/c1-10-4-3-5-12(18-10)9-20(2)14-7-6-11(8-13(14)16)15(17)19-21/h3-8,21H,9H2,1-2H3,(H2,17,19).